The van der Waals surface area contributed by atoms with Crippen LogP contribution in [0.4, 0.5) is 10.1 Å². The molecule has 1 unspecified atom stereocenters. The van der Waals surface area contributed by atoms with Gasteiger partial charge in [0.05, 0.1) is 12.7 Å². The molecule has 0 saturated heterocycles. The normalized spacial score (nSPS) is 19.2. The van der Waals surface area contributed by atoms with Gasteiger partial charge in [0.2, 0.25) is 17.7 Å². The molecule has 0 spiro atoms. The quantitative estimate of drug-likeness (QED) is 0.287. The zero-order valence-electron chi connectivity index (χ0n) is 24.5. The zero-order chi connectivity index (χ0) is 30.0. The van der Waals surface area contributed by atoms with Crippen molar-refractivity contribution in [1.82, 2.24) is 25.7 Å². The van der Waals surface area contributed by atoms with Crippen LogP contribution >= 0.6 is 0 Å². The standard InChI is InChI=1S/C31H41FN6O4/c1-17(2)38-26(13-15-33-38)30(41)37-28(27(19-4-5-19)20-6-7-20)31(42)35-22-9-10-23-21(16-22)8-11-24(23)36-29(40)25(12-14-32)34-18(3)39/h9-10,13,15-17,19-20,24-25,27-28H,4-8,11-12,14H2,1-3H3,(H,34,39)(H,35,42)(H,36,40)(H,37,41)/t24-,25?,28+/m1/s1. The summed E-state index contributed by atoms with van der Waals surface area (Å²) in [7, 11) is 0. The first kappa shape index (κ1) is 29.7. The van der Waals surface area contributed by atoms with Gasteiger partial charge in [0, 0.05) is 31.3 Å². The Hall–Kier alpha value is -3.76. The molecule has 2 aromatic rings. The number of rotatable bonds is 13. The van der Waals surface area contributed by atoms with E-state index in [0.717, 1.165) is 36.8 Å². The topological polar surface area (TPSA) is 134 Å². The highest BCUT2D eigenvalue weighted by atomic mass is 19.1. The van der Waals surface area contributed by atoms with E-state index in [2.05, 4.69) is 26.4 Å². The number of benzene rings is 1. The molecule has 1 aromatic carbocycles. The van der Waals surface area contributed by atoms with Gasteiger partial charge in [-0.1, -0.05) is 6.07 Å². The van der Waals surface area contributed by atoms with Crippen molar-refractivity contribution in [2.75, 3.05) is 12.0 Å². The third kappa shape index (κ3) is 6.82. The number of aryl methyl sites for hydroxylation is 1. The second kappa shape index (κ2) is 12.6. The molecule has 11 heteroatoms. The first-order valence-corrected chi connectivity index (χ1v) is 15.1. The summed E-state index contributed by atoms with van der Waals surface area (Å²) in [6.07, 6.45) is 7.17. The van der Waals surface area contributed by atoms with Crippen LogP contribution in [0.2, 0.25) is 0 Å². The van der Waals surface area contributed by atoms with E-state index in [1.165, 1.54) is 6.92 Å². The fourth-order valence-corrected chi connectivity index (χ4v) is 6.31. The molecule has 1 heterocycles. The van der Waals surface area contributed by atoms with Crippen LogP contribution in [0.1, 0.15) is 93.0 Å². The van der Waals surface area contributed by atoms with Crippen LogP contribution in [-0.4, -0.2) is 52.2 Å². The van der Waals surface area contributed by atoms with Crippen molar-refractivity contribution in [2.45, 2.75) is 89.9 Å². The lowest BCUT2D eigenvalue weighted by Crippen LogP contribution is -2.50. The third-order valence-electron chi connectivity index (χ3n) is 8.58. The van der Waals surface area contributed by atoms with Gasteiger partial charge in [-0.05, 0) is 99.5 Å². The molecule has 0 bridgehead atoms. The van der Waals surface area contributed by atoms with E-state index in [9.17, 15) is 23.6 Å². The Morgan fingerprint density at radius 2 is 1.71 bits per heavy atom. The van der Waals surface area contributed by atoms with Crippen LogP contribution in [0.25, 0.3) is 0 Å². The molecule has 3 atom stereocenters. The number of hydrogen-bond donors (Lipinski definition) is 4. The van der Waals surface area contributed by atoms with Crippen molar-refractivity contribution < 1.29 is 23.6 Å². The van der Waals surface area contributed by atoms with E-state index in [1.807, 2.05) is 32.0 Å². The Morgan fingerprint density at radius 3 is 2.33 bits per heavy atom. The Labute approximate surface area is 245 Å². The van der Waals surface area contributed by atoms with Gasteiger partial charge in [-0.2, -0.15) is 5.10 Å². The summed E-state index contributed by atoms with van der Waals surface area (Å²) in [5.41, 5.74) is 3.01. The lowest BCUT2D eigenvalue weighted by atomic mass is 9.88. The van der Waals surface area contributed by atoms with E-state index in [1.54, 1.807) is 16.9 Å². The highest BCUT2D eigenvalue weighted by Crippen LogP contribution is 2.51. The first-order chi connectivity index (χ1) is 20.2. The van der Waals surface area contributed by atoms with E-state index in [4.69, 9.17) is 0 Å². The third-order valence-corrected chi connectivity index (χ3v) is 8.58. The Balaban J connectivity index is 1.29. The summed E-state index contributed by atoms with van der Waals surface area (Å²) < 4.78 is 14.6. The lowest BCUT2D eigenvalue weighted by Gasteiger charge is -2.28. The smallest absolute Gasteiger partial charge is 0.270 e. The number of fused-ring (bicyclic) bond motifs is 1. The van der Waals surface area contributed by atoms with Crippen molar-refractivity contribution in [3.05, 3.63) is 47.3 Å². The number of anilines is 1. The van der Waals surface area contributed by atoms with Crippen LogP contribution < -0.4 is 21.3 Å². The van der Waals surface area contributed by atoms with Gasteiger partial charge in [0.15, 0.2) is 0 Å². The Bertz CT molecular complexity index is 1320. The predicted molar refractivity (Wildman–Crippen MR) is 155 cm³/mol. The fourth-order valence-electron chi connectivity index (χ4n) is 6.31. The van der Waals surface area contributed by atoms with Crippen LogP contribution in [-0.2, 0) is 20.8 Å². The summed E-state index contributed by atoms with van der Waals surface area (Å²) in [5, 5.41) is 15.9. The maximum absolute atomic E-state index is 13.8. The van der Waals surface area contributed by atoms with Crippen molar-refractivity contribution in [3.8, 4) is 0 Å². The molecule has 3 aliphatic carbocycles. The number of nitrogens with one attached hydrogen (secondary N) is 4. The van der Waals surface area contributed by atoms with Crippen molar-refractivity contribution in [3.63, 3.8) is 0 Å². The molecular weight excluding hydrogens is 539 g/mol. The molecule has 226 valence electrons. The molecule has 0 aliphatic heterocycles. The number of hydrogen-bond acceptors (Lipinski definition) is 5. The maximum atomic E-state index is 13.8. The molecule has 4 N–H and O–H groups in total. The summed E-state index contributed by atoms with van der Waals surface area (Å²) in [5.74, 6) is -0.360. The molecule has 10 nitrogen and oxygen atoms in total. The van der Waals surface area contributed by atoms with Gasteiger partial charge >= 0.3 is 0 Å². The van der Waals surface area contributed by atoms with Gasteiger partial charge in [-0.15, -0.1) is 0 Å². The molecular formula is C31H41FN6O4. The van der Waals surface area contributed by atoms with E-state index in [-0.39, 0.29) is 42.1 Å². The molecule has 3 aliphatic rings. The minimum atomic E-state index is -0.924. The van der Waals surface area contributed by atoms with Crippen LogP contribution in [0.15, 0.2) is 30.5 Å². The average Bonchev–Trinajstić information content (AvgIpc) is 3.87. The molecule has 2 fully saturated rings. The summed E-state index contributed by atoms with van der Waals surface area (Å²) in [6, 6.07) is 5.46. The average molecular weight is 581 g/mol. The lowest BCUT2D eigenvalue weighted by molar-refractivity contribution is -0.128. The van der Waals surface area contributed by atoms with Crippen LogP contribution in [0.3, 0.4) is 0 Å². The molecule has 0 radical (unpaired) electrons. The van der Waals surface area contributed by atoms with Crippen LogP contribution in [0, 0.1) is 17.8 Å². The molecule has 5 rings (SSSR count). The van der Waals surface area contributed by atoms with Gasteiger partial charge in [-0.3, -0.25) is 28.3 Å². The first-order valence-electron chi connectivity index (χ1n) is 15.1. The zero-order valence-corrected chi connectivity index (χ0v) is 24.5. The minimum Gasteiger partial charge on any atom is -0.347 e. The number of carbonyl (C=O) groups is 4. The van der Waals surface area contributed by atoms with Gasteiger partial charge in [0.1, 0.15) is 17.8 Å². The highest BCUT2D eigenvalue weighted by molar-refractivity contribution is 6.01. The highest BCUT2D eigenvalue weighted by Gasteiger charge is 2.48. The van der Waals surface area contributed by atoms with E-state index in [0.29, 0.717) is 36.1 Å². The SMILES string of the molecule is CC(=O)NC(CCF)C(=O)N[C@@H]1CCc2cc(NC(=O)[C@@H](NC(=O)c3ccnn3C(C)C)C(C3CC3)C3CC3)ccc21. The largest absolute Gasteiger partial charge is 0.347 e. The number of alkyl halides is 1. The monoisotopic (exact) mass is 580 g/mol. The molecule has 1 aromatic heterocycles. The Kier molecular flexibility index (Phi) is 8.93. The second-order valence-corrected chi connectivity index (χ2v) is 12.2. The van der Waals surface area contributed by atoms with Crippen molar-refractivity contribution in [2.24, 2.45) is 17.8 Å². The molecule has 42 heavy (non-hydrogen) atoms. The summed E-state index contributed by atoms with van der Waals surface area (Å²) in [6.45, 7) is 4.50. The Morgan fingerprint density at radius 1 is 1.00 bits per heavy atom. The van der Waals surface area contributed by atoms with Gasteiger partial charge in [0.25, 0.3) is 5.91 Å². The summed E-state index contributed by atoms with van der Waals surface area (Å²) >= 11 is 0. The number of carbonyl (C=O) groups excluding carboxylic acids is 4. The fraction of sp³-hybridized carbons (Fsp3) is 0.581. The molecule has 4 amide bonds. The number of amides is 4. The molecule has 2 saturated carbocycles. The number of aromatic nitrogens is 2. The predicted octanol–water partition coefficient (Wildman–Crippen LogP) is 3.61. The minimum absolute atomic E-state index is 0.00990. The number of nitrogens with zero attached hydrogens (tertiary/aromatic N) is 2. The summed E-state index contributed by atoms with van der Waals surface area (Å²) in [4.78, 5) is 51.4. The van der Waals surface area contributed by atoms with E-state index >= 15 is 0 Å². The van der Waals surface area contributed by atoms with Crippen molar-refractivity contribution in [1.29, 1.82) is 0 Å². The maximum Gasteiger partial charge on any atom is 0.270 e. The number of halogens is 1. The van der Waals surface area contributed by atoms with Gasteiger partial charge in [-0.25, -0.2) is 0 Å². The second-order valence-electron chi connectivity index (χ2n) is 12.2. The van der Waals surface area contributed by atoms with Gasteiger partial charge < -0.3 is 21.3 Å². The van der Waals surface area contributed by atoms with Crippen LogP contribution in [0.5, 0.6) is 0 Å². The van der Waals surface area contributed by atoms with Crippen molar-refractivity contribution >= 4 is 29.3 Å². The van der Waals surface area contributed by atoms with E-state index < -0.39 is 24.7 Å².